The molecule has 2 nitrogen and oxygen atoms in total. The Morgan fingerprint density at radius 2 is 2.00 bits per heavy atom. The van der Waals surface area contributed by atoms with Crippen molar-refractivity contribution >= 4 is 10.6 Å². The van der Waals surface area contributed by atoms with Crippen LogP contribution < -0.4 is 0 Å². The van der Waals surface area contributed by atoms with Crippen LogP contribution in [0.5, 0.6) is 0 Å². The highest BCUT2D eigenvalue weighted by Gasteiger charge is 1.99. The number of rotatable bonds is 0. The number of benzene rings is 1. The quantitative estimate of drug-likeness (QED) is 0.561. The van der Waals surface area contributed by atoms with E-state index in [-0.39, 0.29) is 0 Å². The topological polar surface area (TPSA) is 29.4 Å². The summed E-state index contributed by atoms with van der Waals surface area (Å²) in [5.41, 5.74) is 2.49. The monoisotopic (exact) mass is 180 g/mol. The molecule has 1 aromatic carbocycles. The van der Waals surface area contributed by atoms with Crippen LogP contribution in [0, 0.1) is 0 Å². The summed E-state index contributed by atoms with van der Waals surface area (Å²) in [6.07, 6.45) is 0.932. The summed E-state index contributed by atoms with van der Waals surface area (Å²) >= 11 is 0. The van der Waals surface area contributed by atoms with Gasteiger partial charge in [0.2, 0.25) is 0 Å². The predicted molar refractivity (Wildman–Crippen MR) is 49.2 cm³/mol. The Balaban J connectivity index is 2.45. The highest BCUT2D eigenvalue weighted by atomic mass is 32.2. The third kappa shape index (κ3) is 1.50. The van der Waals surface area contributed by atoms with Gasteiger partial charge in [0, 0.05) is 6.54 Å². The normalized spacial score (nSPS) is 17.7. The van der Waals surface area contributed by atoms with Gasteiger partial charge >= 0.3 is 0 Å². The van der Waals surface area contributed by atoms with E-state index in [4.69, 9.17) is 0 Å². The zero-order chi connectivity index (χ0) is 8.39. The van der Waals surface area contributed by atoms with E-state index in [1.807, 2.05) is 18.2 Å². The molecule has 3 heteroatoms. The van der Waals surface area contributed by atoms with Crippen LogP contribution in [-0.2, 0) is 27.0 Å². The molecule has 0 bridgehead atoms. The van der Waals surface area contributed by atoms with Crippen molar-refractivity contribution in [3.8, 4) is 0 Å². The zero-order valence-electron chi connectivity index (χ0n) is 6.69. The van der Waals surface area contributed by atoms with Crippen LogP contribution in [0.3, 0.4) is 0 Å². The van der Waals surface area contributed by atoms with Crippen molar-refractivity contribution in [2.45, 2.75) is 12.2 Å². The Morgan fingerprint density at radius 1 is 1.25 bits per heavy atom. The lowest BCUT2D eigenvalue weighted by atomic mass is 10.1. The fraction of sp³-hybridized carbons (Fsp3) is 0.333. The van der Waals surface area contributed by atoms with E-state index in [1.165, 1.54) is 11.1 Å². The van der Waals surface area contributed by atoms with Crippen LogP contribution in [0.4, 0.5) is 0 Å². The molecule has 0 aliphatic carbocycles. The summed E-state index contributed by atoms with van der Waals surface area (Å²) in [5.74, 6) is 0.593. The Labute approximate surface area is 73.8 Å². The molecule has 0 saturated carbocycles. The van der Waals surface area contributed by atoms with E-state index in [0.717, 1.165) is 6.42 Å². The molecule has 0 radical (unpaired) electrons. The van der Waals surface area contributed by atoms with Crippen molar-refractivity contribution in [1.29, 1.82) is 0 Å². The third-order valence-electron chi connectivity index (χ3n) is 2.01. The van der Waals surface area contributed by atoms with Crippen LogP contribution in [0.1, 0.15) is 11.1 Å². The van der Waals surface area contributed by atoms with Crippen LogP contribution in [0.2, 0.25) is 0 Å². The first kappa shape index (κ1) is 7.80. The lowest BCUT2D eigenvalue weighted by Gasteiger charge is -2.04. The Hall–Kier alpha value is -0.830. The van der Waals surface area contributed by atoms with Crippen molar-refractivity contribution in [3.63, 3.8) is 0 Å². The second-order valence-corrected chi connectivity index (χ2v) is 4.03. The fourth-order valence-corrected chi connectivity index (χ4v) is 2.32. The van der Waals surface area contributed by atoms with Gasteiger partial charge in [-0.1, -0.05) is 35.6 Å². The van der Waals surface area contributed by atoms with E-state index < -0.39 is 10.6 Å². The third-order valence-corrected chi connectivity index (χ3v) is 3.04. The van der Waals surface area contributed by atoms with Gasteiger partial charge in [-0.05, 0) is 12.0 Å². The number of nitrogens with zero attached hydrogens (tertiary/aromatic N) is 1. The molecule has 1 heterocycles. The number of hydrogen-bond donors (Lipinski definition) is 0. The molecule has 1 aliphatic heterocycles. The van der Waals surface area contributed by atoms with Crippen molar-refractivity contribution in [2.24, 2.45) is 4.36 Å². The Bertz CT molecular complexity index is 367. The molecule has 0 atom stereocenters. The van der Waals surface area contributed by atoms with Crippen molar-refractivity contribution in [1.82, 2.24) is 0 Å². The first-order valence-electron chi connectivity index (χ1n) is 3.99. The molecule has 2 rings (SSSR count). The average Bonchev–Trinajstić information content (AvgIpc) is 2.25. The predicted octanol–water partition coefficient (Wildman–Crippen LogP) is 1.89. The molecule has 1 aliphatic rings. The van der Waals surface area contributed by atoms with Crippen molar-refractivity contribution in [2.75, 3.05) is 6.54 Å². The SMILES string of the molecule is O=[S-]1=NCCc2ccccc2C1. The molecule has 0 spiro atoms. The van der Waals surface area contributed by atoms with E-state index in [9.17, 15) is 4.21 Å². The van der Waals surface area contributed by atoms with Gasteiger partial charge in [0.25, 0.3) is 0 Å². The summed E-state index contributed by atoms with van der Waals surface area (Å²) in [6, 6.07) is 8.13. The van der Waals surface area contributed by atoms with Crippen LogP contribution in [-0.4, -0.2) is 6.54 Å². The van der Waals surface area contributed by atoms with E-state index >= 15 is 0 Å². The summed E-state index contributed by atoms with van der Waals surface area (Å²) in [5, 5.41) is 0. The highest BCUT2D eigenvalue weighted by molar-refractivity contribution is 7.73. The number of fused-ring (bicyclic) bond motifs is 1. The first-order chi connectivity index (χ1) is 5.86. The van der Waals surface area contributed by atoms with Crippen LogP contribution >= 0.6 is 0 Å². The molecule has 0 amide bonds. The first-order valence-corrected chi connectivity index (χ1v) is 5.26. The molecular formula is C9H10NOS-. The number of hydrogen-bond acceptors (Lipinski definition) is 3. The maximum absolute atomic E-state index is 11.2. The molecule has 0 saturated heterocycles. The second kappa shape index (κ2) is 3.27. The maximum Gasteiger partial charge on any atom is 0.0163 e. The van der Waals surface area contributed by atoms with Gasteiger partial charge < -0.3 is 8.57 Å². The van der Waals surface area contributed by atoms with Gasteiger partial charge in [-0.15, -0.1) is 0 Å². The molecule has 0 fully saturated rings. The lowest BCUT2D eigenvalue weighted by molar-refractivity contribution is 0.599. The maximum atomic E-state index is 11.2. The van der Waals surface area contributed by atoms with Gasteiger partial charge in [-0.3, -0.25) is 0 Å². The summed E-state index contributed by atoms with van der Waals surface area (Å²) in [7, 11) is -0.994. The molecule has 0 unspecified atom stereocenters. The standard InChI is InChI=1S/C9H10NOS/c11-12-7-9-4-2-1-3-8(9)5-6-10-12/h1-4H,5-7H2/q-1. The second-order valence-electron chi connectivity index (χ2n) is 2.84. The lowest BCUT2D eigenvalue weighted by Crippen LogP contribution is -1.91. The average molecular weight is 180 g/mol. The van der Waals surface area contributed by atoms with Gasteiger partial charge in [-0.25, -0.2) is 0 Å². The van der Waals surface area contributed by atoms with Crippen LogP contribution in [0.25, 0.3) is 0 Å². The summed E-state index contributed by atoms with van der Waals surface area (Å²) < 4.78 is 15.2. The minimum atomic E-state index is -0.994. The zero-order valence-corrected chi connectivity index (χ0v) is 7.51. The van der Waals surface area contributed by atoms with Gasteiger partial charge in [0.1, 0.15) is 0 Å². The van der Waals surface area contributed by atoms with E-state index in [2.05, 4.69) is 10.4 Å². The van der Waals surface area contributed by atoms with Gasteiger partial charge in [0.15, 0.2) is 0 Å². The van der Waals surface area contributed by atoms with Crippen molar-refractivity contribution < 1.29 is 4.21 Å². The van der Waals surface area contributed by atoms with Gasteiger partial charge in [-0.2, -0.15) is 10.6 Å². The molecule has 0 N–H and O–H groups in total. The minimum absolute atomic E-state index is 0.593. The fourth-order valence-electron chi connectivity index (χ4n) is 1.39. The van der Waals surface area contributed by atoms with E-state index in [1.54, 1.807) is 0 Å². The Morgan fingerprint density at radius 3 is 2.83 bits per heavy atom. The summed E-state index contributed by atoms with van der Waals surface area (Å²) in [6.45, 7) is 0.698. The van der Waals surface area contributed by atoms with Gasteiger partial charge in [0.05, 0.1) is 0 Å². The molecule has 12 heavy (non-hydrogen) atoms. The Kier molecular flexibility index (Phi) is 2.13. The smallest absolute Gasteiger partial charge is 0.0163 e. The molecule has 1 aromatic rings. The molecule has 0 aromatic heterocycles. The van der Waals surface area contributed by atoms with Crippen LogP contribution in [0.15, 0.2) is 28.6 Å². The van der Waals surface area contributed by atoms with Crippen molar-refractivity contribution in [3.05, 3.63) is 35.4 Å². The minimum Gasteiger partial charge on any atom is -0.444 e. The molecule has 64 valence electrons. The highest BCUT2D eigenvalue weighted by Crippen LogP contribution is 2.13. The summed E-state index contributed by atoms with van der Waals surface area (Å²) in [4.78, 5) is 0. The largest absolute Gasteiger partial charge is 0.444 e. The van der Waals surface area contributed by atoms with E-state index in [0.29, 0.717) is 12.3 Å². The molecular weight excluding hydrogens is 170 g/mol.